The normalized spacial score (nSPS) is 16.3. The number of carbonyl (C=O) groups is 5. The molecule has 0 atom stereocenters. The van der Waals surface area contributed by atoms with Crippen LogP contribution in [0.15, 0.2) is 79.3 Å². The number of rotatable bonds is 14. The lowest BCUT2D eigenvalue weighted by Crippen LogP contribution is -2.50. The SMILES string of the molecule is COc1ccc(C(=O)N2CCN(CCCCC(=O)N3CCC(Nc4ncnc5[nH]cc(C(=O)c6ccc(Oc7ccccc7)cc6Cl)c45)CC3)CC2)cc1N1CCC(=O)NC1=O. The van der Waals surface area contributed by atoms with Gasteiger partial charge in [-0.05, 0) is 74.7 Å². The molecule has 0 saturated carbocycles. The van der Waals surface area contributed by atoms with E-state index in [1.807, 2.05) is 40.1 Å². The van der Waals surface area contributed by atoms with Crippen molar-refractivity contribution in [1.82, 2.24) is 35.0 Å². The standard InChI is InChI=1S/C45H48ClN9O7/c1-61-37-13-10-29(25-36(37)55-20-16-38(56)51-45(55)60)44(59)54-23-21-52(22-24-54)17-6-5-9-39(57)53-18-14-30(15-19-53)50-43-40-34(27-47-42(40)48-28-49-43)41(58)33-12-11-32(26-35(33)46)62-31-7-3-2-4-8-31/h2-4,7-8,10-13,25-28,30H,5-6,9,14-24H2,1H3,(H,51,56,60)(H2,47,48,49,50). The first kappa shape index (κ1) is 42.2. The van der Waals surface area contributed by atoms with Crippen molar-refractivity contribution in [3.8, 4) is 17.2 Å². The Morgan fingerprint density at radius 2 is 1.65 bits per heavy atom. The van der Waals surface area contributed by atoms with Crippen LogP contribution >= 0.6 is 11.6 Å². The van der Waals surface area contributed by atoms with E-state index in [4.69, 9.17) is 21.1 Å². The van der Waals surface area contributed by atoms with Crippen molar-refractivity contribution in [3.05, 3.63) is 101 Å². The summed E-state index contributed by atoms with van der Waals surface area (Å²) < 4.78 is 11.3. The van der Waals surface area contributed by atoms with Gasteiger partial charge in [-0.15, -0.1) is 0 Å². The van der Waals surface area contributed by atoms with Gasteiger partial charge in [0.15, 0.2) is 5.78 Å². The summed E-state index contributed by atoms with van der Waals surface area (Å²) in [6, 6.07) is 18.9. The number of urea groups is 1. The van der Waals surface area contributed by atoms with Crippen LogP contribution in [-0.4, -0.2) is 125 Å². The van der Waals surface area contributed by atoms with E-state index in [0.29, 0.717) is 89.1 Å². The third kappa shape index (κ3) is 9.51. The Morgan fingerprint density at radius 1 is 0.855 bits per heavy atom. The van der Waals surface area contributed by atoms with Crippen LogP contribution in [0.1, 0.15) is 64.8 Å². The smallest absolute Gasteiger partial charge is 0.328 e. The molecule has 3 saturated heterocycles. The number of ether oxygens (including phenoxy) is 2. The lowest BCUT2D eigenvalue weighted by Gasteiger charge is -2.35. The van der Waals surface area contributed by atoms with E-state index in [1.165, 1.54) is 18.3 Å². The first-order chi connectivity index (χ1) is 30.1. The molecule has 5 aromatic rings. The molecular formula is C45H48ClN9O7. The number of methoxy groups -OCH3 is 1. The lowest BCUT2D eigenvalue weighted by molar-refractivity contribution is -0.132. The Kier molecular flexibility index (Phi) is 12.9. The molecule has 0 aliphatic carbocycles. The van der Waals surface area contributed by atoms with E-state index >= 15 is 0 Å². The summed E-state index contributed by atoms with van der Waals surface area (Å²) in [5.74, 6) is 1.59. The maximum atomic E-state index is 13.8. The fourth-order valence-corrected chi connectivity index (χ4v) is 8.44. The third-order valence-electron chi connectivity index (χ3n) is 11.6. The van der Waals surface area contributed by atoms with Crippen molar-refractivity contribution in [2.45, 2.75) is 44.6 Å². The number of carbonyl (C=O) groups excluding carboxylic acids is 5. The van der Waals surface area contributed by atoms with Crippen LogP contribution in [0.4, 0.5) is 16.3 Å². The maximum Gasteiger partial charge on any atom is 0.328 e. The number of aromatic amines is 1. The van der Waals surface area contributed by atoms with Gasteiger partial charge in [-0.25, -0.2) is 14.8 Å². The molecule has 3 fully saturated rings. The van der Waals surface area contributed by atoms with Crippen LogP contribution < -0.4 is 25.0 Å². The van der Waals surface area contributed by atoms with Crippen molar-refractivity contribution in [3.63, 3.8) is 0 Å². The molecular weight excluding hydrogens is 814 g/mol. The highest BCUT2D eigenvalue weighted by atomic mass is 35.5. The first-order valence-corrected chi connectivity index (χ1v) is 21.3. The number of nitrogens with zero attached hydrogens (tertiary/aromatic N) is 6. The number of H-pyrrole nitrogens is 1. The summed E-state index contributed by atoms with van der Waals surface area (Å²) in [5, 5.41) is 6.69. The van der Waals surface area contributed by atoms with Crippen LogP contribution in [0.3, 0.4) is 0 Å². The number of piperazine rings is 1. The Labute approximate surface area is 363 Å². The number of hydrogen-bond donors (Lipinski definition) is 3. The van der Waals surface area contributed by atoms with Crippen molar-refractivity contribution in [1.29, 1.82) is 0 Å². The number of benzene rings is 3. The molecule has 2 aromatic heterocycles. The molecule has 3 aromatic carbocycles. The Morgan fingerprint density at radius 3 is 2.39 bits per heavy atom. The largest absolute Gasteiger partial charge is 0.495 e. The molecule has 0 radical (unpaired) electrons. The number of likely N-dealkylation sites (tertiary alicyclic amines) is 1. The fraction of sp³-hybridized carbons (Fsp3) is 0.356. The molecule has 0 unspecified atom stereocenters. The zero-order valence-electron chi connectivity index (χ0n) is 34.4. The average molecular weight is 862 g/mol. The van der Waals surface area contributed by atoms with Gasteiger partial charge in [-0.1, -0.05) is 29.8 Å². The molecule has 3 N–H and O–H groups in total. The van der Waals surface area contributed by atoms with Gasteiger partial charge in [0, 0.05) is 88.1 Å². The highest BCUT2D eigenvalue weighted by Gasteiger charge is 2.30. The molecule has 16 nitrogen and oxygen atoms in total. The number of ketones is 1. The summed E-state index contributed by atoms with van der Waals surface area (Å²) in [6.07, 6.45) is 6.84. The lowest BCUT2D eigenvalue weighted by atomic mass is 10.0. The molecule has 62 heavy (non-hydrogen) atoms. The van der Waals surface area contributed by atoms with E-state index < -0.39 is 6.03 Å². The number of halogens is 1. The van der Waals surface area contributed by atoms with Crippen LogP contribution in [-0.2, 0) is 9.59 Å². The molecule has 3 aliphatic rings. The highest BCUT2D eigenvalue weighted by molar-refractivity contribution is 6.35. The topological polar surface area (TPSA) is 182 Å². The number of unbranched alkanes of at least 4 members (excludes halogenated alkanes) is 1. The van der Waals surface area contributed by atoms with Crippen LogP contribution in [0.5, 0.6) is 17.2 Å². The van der Waals surface area contributed by atoms with Gasteiger partial charge in [-0.2, -0.15) is 0 Å². The molecule has 322 valence electrons. The molecule has 8 rings (SSSR count). The van der Waals surface area contributed by atoms with Crippen LogP contribution in [0, 0.1) is 0 Å². The predicted molar refractivity (Wildman–Crippen MR) is 233 cm³/mol. The summed E-state index contributed by atoms with van der Waals surface area (Å²) >= 11 is 6.61. The van der Waals surface area contributed by atoms with Gasteiger partial charge in [0.25, 0.3) is 5.91 Å². The first-order valence-electron chi connectivity index (χ1n) is 20.9. The van der Waals surface area contributed by atoms with E-state index in [9.17, 15) is 24.0 Å². The van der Waals surface area contributed by atoms with Crippen molar-refractivity contribution in [2.75, 3.05) is 69.7 Å². The number of anilines is 2. The minimum Gasteiger partial charge on any atom is -0.495 e. The fourth-order valence-electron chi connectivity index (χ4n) is 8.19. The number of amides is 5. The summed E-state index contributed by atoms with van der Waals surface area (Å²) in [6.45, 7) is 4.86. The number of fused-ring (bicyclic) bond motifs is 1. The number of nitrogens with one attached hydrogen (secondary N) is 3. The molecule has 5 heterocycles. The van der Waals surface area contributed by atoms with Gasteiger partial charge in [0.05, 0.1) is 28.8 Å². The number of aromatic nitrogens is 3. The van der Waals surface area contributed by atoms with Crippen molar-refractivity contribution >= 4 is 63.7 Å². The molecule has 0 bridgehead atoms. The second-order valence-corrected chi connectivity index (χ2v) is 16.0. The van der Waals surface area contributed by atoms with Gasteiger partial charge in [-0.3, -0.25) is 34.3 Å². The Balaban J connectivity index is 0.773. The second kappa shape index (κ2) is 19.0. The number of piperidine rings is 1. The predicted octanol–water partition coefficient (Wildman–Crippen LogP) is 6.12. The van der Waals surface area contributed by atoms with Crippen LogP contribution in [0.25, 0.3) is 11.0 Å². The second-order valence-electron chi connectivity index (χ2n) is 15.6. The van der Waals surface area contributed by atoms with E-state index in [0.717, 1.165) is 45.3 Å². The number of hydrogen-bond acceptors (Lipinski definition) is 11. The van der Waals surface area contributed by atoms with E-state index in [1.54, 1.807) is 42.6 Å². The quantitative estimate of drug-likeness (QED) is 0.0864. The zero-order valence-corrected chi connectivity index (χ0v) is 35.2. The average Bonchev–Trinajstić information content (AvgIpc) is 3.73. The minimum absolute atomic E-state index is 0.0495. The molecule has 17 heteroatoms. The van der Waals surface area contributed by atoms with Gasteiger partial charge >= 0.3 is 6.03 Å². The zero-order chi connectivity index (χ0) is 43.2. The summed E-state index contributed by atoms with van der Waals surface area (Å²) in [4.78, 5) is 84.2. The molecule has 5 amide bonds. The maximum absolute atomic E-state index is 13.8. The van der Waals surface area contributed by atoms with E-state index in [-0.39, 0.29) is 47.5 Å². The van der Waals surface area contributed by atoms with Crippen molar-refractivity contribution < 1.29 is 33.4 Å². The highest BCUT2D eigenvalue weighted by Crippen LogP contribution is 2.33. The third-order valence-corrected chi connectivity index (χ3v) is 11.9. The molecule has 0 spiro atoms. The Hall–Kier alpha value is -6.52. The molecule has 3 aliphatic heterocycles. The van der Waals surface area contributed by atoms with Gasteiger partial charge in [0.2, 0.25) is 11.8 Å². The van der Waals surface area contributed by atoms with Gasteiger partial charge in [0.1, 0.15) is 35.0 Å². The van der Waals surface area contributed by atoms with Gasteiger partial charge < -0.3 is 29.6 Å². The summed E-state index contributed by atoms with van der Waals surface area (Å²) in [5.41, 5.74) is 2.16. The summed E-state index contributed by atoms with van der Waals surface area (Å²) in [7, 11) is 1.50. The number of para-hydroxylation sites is 1. The van der Waals surface area contributed by atoms with Crippen LogP contribution in [0.2, 0.25) is 5.02 Å². The van der Waals surface area contributed by atoms with Crippen molar-refractivity contribution in [2.24, 2.45) is 0 Å². The van der Waals surface area contributed by atoms with E-state index in [2.05, 4.69) is 30.5 Å². The monoisotopic (exact) mass is 861 g/mol. The Bertz CT molecular complexity index is 2460. The number of imide groups is 1. The minimum atomic E-state index is -0.540.